The van der Waals surface area contributed by atoms with Crippen LogP contribution in [0.3, 0.4) is 0 Å². The third-order valence-electron chi connectivity index (χ3n) is 5.72. The van der Waals surface area contributed by atoms with Gasteiger partial charge in [0.2, 0.25) is 0 Å². The number of aromatic nitrogens is 2. The molecule has 0 saturated heterocycles. The second-order valence-electron chi connectivity index (χ2n) is 12.9. The van der Waals surface area contributed by atoms with Gasteiger partial charge in [-0.15, -0.1) is 0 Å². The normalized spacial score (nSPS) is 10.5. The molecule has 0 bridgehead atoms. The van der Waals surface area contributed by atoms with Crippen LogP contribution in [0.15, 0.2) is 36.7 Å². The van der Waals surface area contributed by atoms with Gasteiger partial charge >= 0.3 is 53.7 Å². The minimum absolute atomic E-state index is 0. The van der Waals surface area contributed by atoms with Gasteiger partial charge in [-0.3, -0.25) is 19.8 Å². The third kappa shape index (κ3) is 27.0. The Hall–Kier alpha value is -2.74. The number of nitrogens with zero attached hydrogens (tertiary/aromatic N) is 3. The molecule has 2 amide bonds. The molecular weight excluding hydrogens is 719 g/mol. The largest absolute Gasteiger partial charge is 1.00 e. The van der Waals surface area contributed by atoms with Crippen molar-refractivity contribution in [1.82, 2.24) is 9.97 Å². The van der Waals surface area contributed by atoms with Gasteiger partial charge in [-0.2, -0.15) is 0 Å². The van der Waals surface area contributed by atoms with Crippen LogP contribution >= 0.6 is 15.9 Å². The zero-order valence-corrected chi connectivity index (χ0v) is 35.6. The van der Waals surface area contributed by atoms with Gasteiger partial charge in [-0.1, -0.05) is 15.9 Å². The van der Waals surface area contributed by atoms with E-state index in [0.717, 1.165) is 29.3 Å². The van der Waals surface area contributed by atoms with Crippen molar-refractivity contribution in [3.8, 4) is 0 Å². The number of hydrogen-bond acceptors (Lipinski definition) is 10. The smallest absolute Gasteiger partial charge is 1.00 e. The van der Waals surface area contributed by atoms with Crippen LogP contribution < -0.4 is 39.8 Å². The van der Waals surface area contributed by atoms with Crippen molar-refractivity contribution < 1.29 is 69.1 Å². The summed E-state index contributed by atoms with van der Waals surface area (Å²) in [6.07, 6.45) is 6.55. The molecule has 2 heterocycles. The first-order valence-corrected chi connectivity index (χ1v) is 17.8. The van der Waals surface area contributed by atoms with Crippen molar-refractivity contribution in [2.24, 2.45) is 0 Å². The van der Waals surface area contributed by atoms with Crippen molar-refractivity contribution in [2.45, 2.75) is 119 Å². The number of hydrogen-bond donors (Lipinski definition) is 1. The van der Waals surface area contributed by atoms with Gasteiger partial charge in [0.1, 0.15) is 22.8 Å². The number of carbonyl (C=O) groups is 4. The number of pyridine rings is 2. The van der Waals surface area contributed by atoms with Crippen molar-refractivity contribution in [3.63, 3.8) is 0 Å². The Labute approximate surface area is 331 Å². The number of anilines is 2. The summed E-state index contributed by atoms with van der Waals surface area (Å²) in [5.41, 5.74) is 0.981. The van der Waals surface area contributed by atoms with E-state index < -0.39 is 23.4 Å². The Morgan fingerprint density at radius 2 is 1.28 bits per heavy atom. The summed E-state index contributed by atoms with van der Waals surface area (Å²) in [6, 6.07) is 7.36. The number of amides is 2. The van der Waals surface area contributed by atoms with Gasteiger partial charge in [0, 0.05) is 37.1 Å². The molecular formula is C36H58BrN4NaO8. The number of nitrogens with one attached hydrogen (secondary N) is 1. The van der Waals surface area contributed by atoms with Crippen LogP contribution in [-0.2, 0) is 28.5 Å². The monoisotopic (exact) mass is 776 g/mol. The number of halogens is 1. The minimum Gasteiger partial charge on any atom is -1.00 e. The van der Waals surface area contributed by atoms with E-state index in [-0.39, 0.29) is 42.9 Å². The molecule has 0 spiro atoms. The van der Waals surface area contributed by atoms with Crippen LogP contribution in [0.25, 0.3) is 0 Å². The van der Waals surface area contributed by atoms with Crippen LogP contribution in [0.5, 0.6) is 0 Å². The molecule has 0 aliphatic rings. The fraction of sp³-hybridized carbons (Fsp3) is 0.611. The number of carbonyl (C=O) groups excluding carboxylic acids is 4. The van der Waals surface area contributed by atoms with Crippen molar-refractivity contribution >= 4 is 51.7 Å². The molecule has 278 valence electrons. The molecule has 0 aliphatic carbocycles. The van der Waals surface area contributed by atoms with Gasteiger partial charge in [0.05, 0.1) is 13.2 Å². The molecule has 12 nitrogen and oxygen atoms in total. The summed E-state index contributed by atoms with van der Waals surface area (Å²) in [5, 5.41) is 3.53. The summed E-state index contributed by atoms with van der Waals surface area (Å²) >= 11 is 3.29. The van der Waals surface area contributed by atoms with Crippen LogP contribution in [-0.4, -0.2) is 70.4 Å². The van der Waals surface area contributed by atoms with Gasteiger partial charge in [-0.25, -0.2) is 19.6 Å². The maximum absolute atomic E-state index is 12.5. The van der Waals surface area contributed by atoms with E-state index >= 15 is 0 Å². The van der Waals surface area contributed by atoms with Crippen LogP contribution in [0.4, 0.5) is 21.2 Å². The van der Waals surface area contributed by atoms with Crippen LogP contribution in [0.2, 0.25) is 0 Å². The van der Waals surface area contributed by atoms with Gasteiger partial charge in [0.25, 0.3) is 0 Å². The molecule has 0 aromatic carbocycles. The van der Waals surface area contributed by atoms with E-state index in [2.05, 4.69) is 31.2 Å². The first kappa shape index (κ1) is 49.4. The first-order chi connectivity index (χ1) is 22.9. The molecule has 0 fully saturated rings. The summed E-state index contributed by atoms with van der Waals surface area (Å²) < 4.78 is 20.2. The molecule has 0 saturated carbocycles. The Kier molecular flexibility index (Phi) is 26.6. The Balaban J connectivity index is -0.000000732. The average molecular weight is 778 g/mol. The average Bonchev–Trinajstić information content (AvgIpc) is 2.96. The second kappa shape index (κ2) is 27.0. The number of aryl methyl sites for hydroxylation is 2. The summed E-state index contributed by atoms with van der Waals surface area (Å²) in [6.45, 7) is 19.7. The van der Waals surface area contributed by atoms with Crippen LogP contribution in [0.1, 0.15) is 106 Å². The fourth-order valence-corrected chi connectivity index (χ4v) is 4.06. The van der Waals surface area contributed by atoms with Crippen LogP contribution in [0, 0.1) is 13.8 Å². The number of alkyl halides is 1. The van der Waals surface area contributed by atoms with Crippen molar-refractivity contribution in [1.29, 1.82) is 0 Å². The predicted octanol–water partition coefficient (Wildman–Crippen LogP) is 5.83. The molecule has 50 heavy (non-hydrogen) atoms. The van der Waals surface area contributed by atoms with Crippen molar-refractivity contribution in [3.05, 3.63) is 47.8 Å². The van der Waals surface area contributed by atoms with Gasteiger partial charge in [0.15, 0.2) is 0 Å². The number of esters is 2. The molecule has 0 atom stereocenters. The predicted molar refractivity (Wildman–Crippen MR) is 197 cm³/mol. The zero-order valence-electron chi connectivity index (χ0n) is 33.0. The Bertz CT molecular complexity index is 1290. The number of ether oxygens (including phenoxy) is 4. The fourth-order valence-electron chi connectivity index (χ4n) is 3.67. The topological polar surface area (TPSA) is 146 Å². The minimum atomic E-state index is -0.579. The SMILES string of the molecule is CCOC(=O)CCCCBr.CCOC(=O)CCCCN(C(=O)OC(C)(C)C)c1cc(C)ccn1.Cc1ccnc(NC(=O)OC(C)(C)C)c1.[H-].[Na+]. The van der Waals surface area contributed by atoms with E-state index in [0.29, 0.717) is 57.1 Å². The number of rotatable bonds is 13. The Morgan fingerprint density at radius 3 is 1.74 bits per heavy atom. The quantitative estimate of drug-likeness (QED) is 0.0867. The number of unbranched alkanes of at least 4 members (excludes halogenated alkanes) is 2. The molecule has 0 radical (unpaired) electrons. The van der Waals surface area contributed by atoms with Crippen molar-refractivity contribution in [2.75, 3.05) is 35.3 Å². The zero-order chi connectivity index (χ0) is 37.5. The molecule has 14 heteroatoms. The van der Waals surface area contributed by atoms with E-state index in [1.807, 2.05) is 80.5 Å². The second-order valence-corrected chi connectivity index (χ2v) is 13.7. The van der Waals surface area contributed by atoms with E-state index in [4.69, 9.17) is 18.9 Å². The maximum Gasteiger partial charge on any atom is 1.00 e. The van der Waals surface area contributed by atoms with Gasteiger partial charge in [-0.05, 0) is 130 Å². The van der Waals surface area contributed by atoms with Gasteiger partial charge < -0.3 is 20.4 Å². The molecule has 2 rings (SSSR count). The summed E-state index contributed by atoms with van der Waals surface area (Å²) in [5.74, 6) is 0.767. The maximum atomic E-state index is 12.5. The van der Waals surface area contributed by atoms with E-state index in [1.54, 1.807) is 25.4 Å². The van der Waals surface area contributed by atoms with E-state index in [9.17, 15) is 19.2 Å². The summed E-state index contributed by atoms with van der Waals surface area (Å²) in [4.78, 5) is 55.7. The first-order valence-electron chi connectivity index (χ1n) is 16.6. The molecule has 2 aromatic rings. The molecule has 0 unspecified atom stereocenters. The molecule has 2 aromatic heterocycles. The Morgan fingerprint density at radius 1 is 0.780 bits per heavy atom. The summed E-state index contributed by atoms with van der Waals surface area (Å²) in [7, 11) is 0. The van der Waals surface area contributed by atoms with E-state index in [1.165, 1.54) is 4.90 Å². The molecule has 0 aliphatic heterocycles. The third-order valence-corrected chi connectivity index (χ3v) is 6.28. The standard InChI is InChI=1S/C18H28N2O4.C11H16N2O2.C7H13BrO2.Na.H/c1-6-23-16(21)9-7-8-12-20(17(22)24-18(3,4)5)15-13-14(2)10-11-19-15;1-8-5-6-12-9(7-8)13-10(14)15-11(2,3)4;1-2-10-7(9)5-3-4-6-8;;/h10-11,13H,6-9,12H2,1-5H3;5-7H,1-4H3,(H,12,13,14);2-6H2,1H3;;/q;;;+1;-1. The molecule has 1 N–H and O–H groups in total.